The summed E-state index contributed by atoms with van der Waals surface area (Å²) in [4.78, 5) is 18.4. The van der Waals surface area contributed by atoms with Crippen LogP contribution < -0.4 is 4.74 Å². The van der Waals surface area contributed by atoms with Gasteiger partial charge in [0.05, 0.1) is 23.1 Å². The number of carbonyl (C=O) groups is 1. The molecule has 1 atom stereocenters. The second-order valence-corrected chi connectivity index (χ2v) is 10.3. The molecule has 36 heavy (non-hydrogen) atoms. The normalized spacial score (nSPS) is 11.9. The van der Waals surface area contributed by atoms with Crippen LogP contribution in [0.2, 0.25) is 5.02 Å². The van der Waals surface area contributed by atoms with Crippen molar-refractivity contribution < 1.29 is 14.6 Å². The highest BCUT2D eigenvalue weighted by molar-refractivity contribution is 7.99. The molecule has 1 N–H and O–H groups in total. The van der Waals surface area contributed by atoms with E-state index in [-0.39, 0.29) is 17.8 Å². The van der Waals surface area contributed by atoms with Crippen molar-refractivity contribution in [1.29, 1.82) is 0 Å². The third-order valence-electron chi connectivity index (χ3n) is 5.79. The van der Waals surface area contributed by atoms with E-state index in [2.05, 4.69) is 17.1 Å². The number of halogens is 1. The summed E-state index contributed by atoms with van der Waals surface area (Å²) in [7, 11) is 3.55. The Hall–Kier alpha value is -3.06. The summed E-state index contributed by atoms with van der Waals surface area (Å²) < 4.78 is 6.11. The van der Waals surface area contributed by atoms with Gasteiger partial charge in [0, 0.05) is 36.7 Å². The largest absolute Gasteiger partial charge is 0.487 e. The summed E-state index contributed by atoms with van der Waals surface area (Å²) >= 11 is 7.83. The maximum absolute atomic E-state index is 12.1. The molecule has 0 saturated heterocycles. The van der Waals surface area contributed by atoms with E-state index in [0.29, 0.717) is 23.8 Å². The van der Waals surface area contributed by atoms with Gasteiger partial charge in [0.2, 0.25) is 5.91 Å². The molecule has 0 aliphatic heterocycles. The van der Waals surface area contributed by atoms with E-state index in [9.17, 15) is 9.90 Å². The highest BCUT2D eigenvalue weighted by Crippen LogP contribution is 2.38. The minimum absolute atomic E-state index is 0.00375. The molecule has 7 heteroatoms. The van der Waals surface area contributed by atoms with E-state index in [1.807, 2.05) is 66.7 Å². The summed E-state index contributed by atoms with van der Waals surface area (Å²) in [5, 5.41) is 11.3. The van der Waals surface area contributed by atoms with Gasteiger partial charge < -0.3 is 14.7 Å². The number of amides is 1. The van der Waals surface area contributed by atoms with Gasteiger partial charge in [0.1, 0.15) is 12.4 Å². The standard InChI is InChI=1S/C29H29ClN2O3S/c1-32(2)28(34)13-14-36-29(22-6-3-5-20(15-22)18-33)23-7-4-8-26(16-23)35-19-25-12-10-21-9-11-24(30)17-27(21)31-25/h3-12,15-17,29,33H,13-14,18-19H2,1-2H3. The van der Waals surface area contributed by atoms with Crippen LogP contribution in [-0.2, 0) is 18.0 Å². The van der Waals surface area contributed by atoms with Crippen LogP contribution in [-0.4, -0.2) is 40.7 Å². The van der Waals surface area contributed by atoms with Crippen LogP contribution in [0.1, 0.15) is 34.1 Å². The van der Waals surface area contributed by atoms with Crippen molar-refractivity contribution in [2.24, 2.45) is 0 Å². The Kier molecular flexibility index (Phi) is 8.86. The predicted molar refractivity (Wildman–Crippen MR) is 148 cm³/mol. The van der Waals surface area contributed by atoms with E-state index >= 15 is 0 Å². The molecule has 0 fully saturated rings. The monoisotopic (exact) mass is 520 g/mol. The molecule has 1 unspecified atom stereocenters. The number of ether oxygens (including phenoxy) is 1. The molecule has 3 aromatic carbocycles. The average Bonchev–Trinajstić information content (AvgIpc) is 2.89. The molecule has 1 amide bonds. The lowest BCUT2D eigenvalue weighted by atomic mass is 10.0. The van der Waals surface area contributed by atoms with Crippen LogP contribution in [0.4, 0.5) is 0 Å². The minimum Gasteiger partial charge on any atom is -0.487 e. The van der Waals surface area contributed by atoms with Gasteiger partial charge in [-0.15, -0.1) is 11.8 Å². The SMILES string of the molecule is CN(C)C(=O)CCSC(c1cccc(CO)c1)c1cccc(OCc2ccc3ccc(Cl)cc3n2)c1. The number of hydrogen-bond donors (Lipinski definition) is 1. The molecule has 1 heterocycles. The smallest absolute Gasteiger partial charge is 0.222 e. The first-order valence-corrected chi connectivity index (χ1v) is 13.1. The van der Waals surface area contributed by atoms with Gasteiger partial charge in [-0.3, -0.25) is 4.79 Å². The fourth-order valence-electron chi connectivity index (χ4n) is 3.86. The van der Waals surface area contributed by atoms with Crippen LogP contribution in [0, 0.1) is 0 Å². The Morgan fingerprint density at radius 3 is 2.56 bits per heavy atom. The summed E-state index contributed by atoms with van der Waals surface area (Å²) in [6.45, 7) is 0.318. The van der Waals surface area contributed by atoms with Gasteiger partial charge in [-0.05, 0) is 47.0 Å². The van der Waals surface area contributed by atoms with Gasteiger partial charge in [0.15, 0.2) is 0 Å². The highest BCUT2D eigenvalue weighted by Gasteiger charge is 2.17. The summed E-state index contributed by atoms with van der Waals surface area (Å²) in [6, 6.07) is 25.6. The van der Waals surface area contributed by atoms with Crippen molar-refractivity contribution in [2.75, 3.05) is 19.8 Å². The van der Waals surface area contributed by atoms with Crippen LogP contribution in [0.3, 0.4) is 0 Å². The van der Waals surface area contributed by atoms with E-state index in [1.54, 1.807) is 30.8 Å². The lowest BCUT2D eigenvalue weighted by molar-refractivity contribution is -0.128. The highest BCUT2D eigenvalue weighted by atomic mass is 35.5. The first kappa shape index (κ1) is 26.0. The first-order valence-electron chi connectivity index (χ1n) is 11.7. The Labute approximate surface area is 221 Å². The molecule has 0 saturated carbocycles. The molecule has 0 aliphatic carbocycles. The average molecular weight is 521 g/mol. The maximum atomic E-state index is 12.1. The van der Waals surface area contributed by atoms with Gasteiger partial charge in [-0.25, -0.2) is 4.98 Å². The Bertz CT molecular complexity index is 1350. The van der Waals surface area contributed by atoms with E-state index < -0.39 is 0 Å². The fourth-order valence-corrected chi connectivity index (χ4v) is 5.24. The molecule has 0 aliphatic rings. The Balaban J connectivity index is 1.53. The van der Waals surface area contributed by atoms with Crippen molar-refractivity contribution in [1.82, 2.24) is 9.88 Å². The molecular formula is C29H29ClN2O3S. The summed E-state index contributed by atoms with van der Waals surface area (Å²) in [5.41, 5.74) is 4.67. The molecule has 0 radical (unpaired) electrons. The number of fused-ring (bicyclic) bond motifs is 1. The second-order valence-electron chi connectivity index (χ2n) is 8.69. The first-order chi connectivity index (χ1) is 17.4. The maximum Gasteiger partial charge on any atom is 0.222 e. The summed E-state index contributed by atoms with van der Waals surface area (Å²) in [6.07, 6.45) is 0.460. The lowest BCUT2D eigenvalue weighted by Gasteiger charge is -2.20. The minimum atomic E-state index is -0.0164. The van der Waals surface area contributed by atoms with Gasteiger partial charge in [-0.1, -0.05) is 60.1 Å². The third kappa shape index (κ3) is 6.78. The molecular weight excluding hydrogens is 492 g/mol. The zero-order chi connectivity index (χ0) is 25.5. The zero-order valence-electron chi connectivity index (χ0n) is 20.4. The number of benzene rings is 3. The van der Waals surface area contributed by atoms with E-state index in [1.165, 1.54) is 0 Å². The number of aliphatic hydroxyl groups is 1. The van der Waals surface area contributed by atoms with Crippen molar-refractivity contribution in [3.63, 3.8) is 0 Å². The van der Waals surface area contributed by atoms with Crippen LogP contribution in [0.25, 0.3) is 10.9 Å². The predicted octanol–water partition coefficient (Wildman–Crippen LogP) is 6.26. The van der Waals surface area contributed by atoms with Crippen molar-refractivity contribution >= 4 is 40.2 Å². The molecule has 4 rings (SSSR count). The number of carbonyl (C=O) groups excluding carboxylic acids is 1. The van der Waals surface area contributed by atoms with Crippen LogP contribution >= 0.6 is 23.4 Å². The molecule has 0 bridgehead atoms. The van der Waals surface area contributed by atoms with Crippen molar-refractivity contribution in [2.45, 2.75) is 24.9 Å². The van der Waals surface area contributed by atoms with Gasteiger partial charge >= 0.3 is 0 Å². The second kappa shape index (κ2) is 12.3. The fraction of sp³-hybridized carbons (Fsp3) is 0.241. The topological polar surface area (TPSA) is 62.7 Å². The number of thioether (sulfide) groups is 1. The van der Waals surface area contributed by atoms with Crippen molar-refractivity contribution in [3.8, 4) is 5.75 Å². The quantitative estimate of drug-likeness (QED) is 0.267. The van der Waals surface area contributed by atoms with E-state index in [4.69, 9.17) is 16.3 Å². The number of nitrogens with zero attached hydrogens (tertiary/aromatic N) is 2. The molecule has 1 aromatic heterocycles. The number of aliphatic hydroxyl groups excluding tert-OH is 1. The van der Waals surface area contributed by atoms with Crippen LogP contribution in [0.5, 0.6) is 5.75 Å². The molecule has 0 spiro atoms. The van der Waals surface area contributed by atoms with Crippen LogP contribution in [0.15, 0.2) is 78.9 Å². The Morgan fingerprint density at radius 1 is 1.03 bits per heavy atom. The molecule has 186 valence electrons. The Morgan fingerprint density at radius 2 is 1.78 bits per heavy atom. The van der Waals surface area contributed by atoms with Gasteiger partial charge in [0.25, 0.3) is 0 Å². The number of rotatable bonds is 10. The summed E-state index contributed by atoms with van der Waals surface area (Å²) in [5.74, 6) is 1.53. The third-order valence-corrected chi connectivity index (χ3v) is 7.35. The van der Waals surface area contributed by atoms with Gasteiger partial charge in [-0.2, -0.15) is 0 Å². The number of pyridine rings is 1. The molecule has 4 aromatic rings. The zero-order valence-corrected chi connectivity index (χ0v) is 21.9. The number of aromatic nitrogens is 1. The molecule has 5 nitrogen and oxygen atoms in total. The van der Waals surface area contributed by atoms with E-state index in [0.717, 1.165) is 39.0 Å². The van der Waals surface area contributed by atoms with Crippen molar-refractivity contribution in [3.05, 3.63) is 106 Å². The number of hydrogen-bond acceptors (Lipinski definition) is 5. The lowest BCUT2D eigenvalue weighted by Crippen LogP contribution is -2.22.